The summed E-state index contributed by atoms with van der Waals surface area (Å²) in [4.78, 5) is 6.72. The van der Waals surface area contributed by atoms with Crippen molar-refractivity contribution >= 4 is 0 Å². The minimum Gasteiger partial charge on any atom is -0.492 e. The first kappa shape index (κ1) is 15.0. The van der Waals surface area contributed by atoms with Gasteiger partial charge in [-0.1, -0.05) is 18.2 Å². The summed E-state index contributed by atoms with van der Waals surface area (Å²) in [6, 6.07) is 12.8. The second-order valence-corrected chi connectivity index (χ2v) is 5.71. The number of hydrogen-bond donors (Lipinski definition) is 1. The Morgan fingerprint density at radius 2 is 2.27 bits per heavy atom. The molecule has 1 unspecified atom stereocenters. The molecule has 1 saturated heterocycles. The molecule has 116 valence electrons. The van der Waals surface area contributed by atoms with E-state index in [1.54, 1.807) is 0 Å². The molecule has 2 heterocycles. The van der Waals surface area contributed by atoms with Crippen molar-refractivity contribution in [1.82, 2.24) is 15.2 Å². The molecule has 1 atom stereocenters. The van der Waals surface area contributed by atoms with Crippen LogP contribution in [-0.2, 0) is 0 Å². The molecular weight excluding hydrogens is 274 g/mol. The van der Waals surface area contributed by atoms with Crippen molar-refractivity contribution in [3.05, 3.63) is 59.9 Å². The molecule has 1 aromatic carbocycles. The van der Waals surface area contributed by atoms with Gasteiger partial charge in [-0.2, -0.15) is 0 Å². The highest BCUT2D eigenvalue weighted by molar-refractivity contribution is 5.27. The number of aromatic nitrogens is 1. The SMILES string of the molecule is Cc1cccc(OCCN2CCNCC2c2cccnc2)c1. The number of nitrogens with one attached hydrogen (secondary N) is 1. The number of benzene rings is 1. The van der Waals surface area contributed by atoms with Crippen LogP contribution in [0.15, 0.2) is 48.8 Å². The fraction of sp³-hybridized carbons (Fsp3) is 0.389. The lowest BCUT2D eigenvalue weighted by Gasteiger charge is -2.36. The van der Waals surface area contributed by atoms with Crippen LogP contribution in [0.3, 0.4) is 0 Å². The smallest absolute Gasteiger partial charge is 0.119 e. The molecule has 0 radical (unpaired) electrons. The molecule has 1 aliphatic rings. The Morgan fingerprint density at radius 1 is 1.32 bits per heavy atom. The summed E-state index contributed by atoms with van der Waals surface area (Å²) in [6.07, 6.45) is 3.79. The van der Waals surface area contributed by atoms with Crippen molar-refractivity contribution in [2.45, 2.75) is 13.0 Å². The second-order valence-electron chi connectivity index (χ2n) is 5.71. The average molecular weight is 297 g/mol. The van der Waals surface area contributed by atoms with Crippen molar-refractivity contribution in [2.75, 3.05) is 32.8 Å². The van der Waals surface area contributed by atoms with Crippen LogP contribution in [0.1, 0.15) is 17.2 Å². The van der Waals surface area contributed by atoms with Crippen LogP contribution in [0.4, 0.5) is 0 Å². The van der Waals surface area contributed by atoms with Crippen molar-refractivity contribution in [3.63, 3.8) is 0 Å². The quantitative estimate of drug-likeness (QED) is 0.919. The van der Waals surface area contributed by atoms with E-state index in [-0.39, 0.29) is 0 Å². The molecule has 4 nitrogen and oxygen atoms in total. The van der Waals surface area contributed by atoms with E-state index in [4.69, 9.17) is 4.74 Å². The molecule has 1 fully saturated rings. The van der Waals surface area contributed by atoms with Gasteiger partial charge in [0, 0.05) is 44.6 Å². The lowest BCUT2D eigenvalue weighted by molar-refractivity contribution is 0.134. The molecule has 22 heavy (non-hydrogen) atoms. The fourth-order valence-electron chi connectivity index (χ4n) is 2.90. The van der Waals surface area contributed by atoms with Crippen molar-refractivity contribution in [3.8, 4) is 5.75 Å². The Balaban J connectivity index is 1.58. The van der Waals surface area contributed by atoms with Gasteiger partial charge in [0.1, 0.15) is 12.4 Å². The molecular formula is C18H23N3O. The number of ether oxygens (including phenoxy) is 1. The predicted octanol–water partition coefficient (Wildman–Crippen LogP) is 2.42. The minimum atomic E-state index is 0.378. The third-order valence-electron chi connectivity index (χ3n) is 4.06. The minimum absolute atomic E-state index is 0.378. The average Bonchev–Trinajstić information content (AvgIpc) is 2.56. The maximum Gasteiger partial charge on any atom is 0.119 e. The lowest BCUT2D eigenvalue weighted by Crippen LogP contribution is -2.47. The third kappa shape index (κ3) is 3.84. The van der Waals surface area contributed by atoms with Gasteiger partial charge in [-0.05, 0) is 36.2 Å². The maximum absolute atomic E-state index is 5.90. The number of aryl methyl sites for hydroxylation is 1. The first-order valence-electron chi connectivity index (χ1n) is 7.87. The molecule has 4 heteroatoms. The van der Waals surface area contributed by atoms with Gasteiger partial charge in [-0.15, -0.1) is 0 Å². The van der Waals surface area contributed by atoms with Crippen LogP contribution < -0.4 is 10.1 Å². The van der Waals surface area contributed by atoms with E-state index in [0.717, 1.165) is 31.9 Å². The van der Waals surface area contributed by atoms with E-state index in [1.807, 2.05) is 30.6 Å². The Labute approximate surface area is 132 Å². The van der Waals surface area contributed by atoms with Crippen LogP contribution in [0.2, 0.25) is 0 Å². The third-order valence-corrected chi connectivity index (χ3v) is 4.06. The summed E-state index contributed by atoms with van der Waals surface area (Å²) in [5.74, 6) is 0.952. The van der Waals surface area contributed by atoms with Crippen LogP contribution in [-0.4, -0.2) is 42.7 Å². The van der Waals surface area contributed by atoms with Crippen molar-refractivity contribution < 1.29 is 4.74 Å². The molecule has 1 aliphatic heterocycles. The van der Waals surface area contributed by atoms with E-state index in [1.165, 1.54) is 11.1 Å². The van der Waals surface area contributed by atoms with Crippen molar-refractivity contribution in [1.29, 1.82) is 0 Å². The molecule has 0 bridgehead atoms. The highest BCUT2D eigenvalue weighted by Crippen LogP contribution is 2.21. The number of rotatable bonds is 5. The molecule has 0 spiro atoms. The second kappa shape index (κ2) is 7.38. The van der Waals surface area contributed by atoms with Gasteiger partial charge >= 0.3 is 0 Å². The van der Waals surface area contributed by atoms with Gasteiger partial charge in [0.05, 0.1) is 0 Å². The standard InChI is InChI=1S/C18H23N3O/c1-15-4-2-6-17(12-15)22-11-10-21-9-8-20-14-18(21)16-5-3-7-19-13-16/h2-7,12-13,18,20H,8-11,14H2,1H3. The van der Waals surface area contributed by atoms with Gasteiger partial charge in [0.2, 0.25) is 0 Å². The number of pyridine rings is 1. The summed E-state index contributed by atoms with van der Waals surface area (Å²) in [6.45, 7) is 6.76. The Kier molecular flexibility index (Phi) is 5.03. The zero-order valence-corrected chi connectivity index (χ0v) is 13.0. The summed E-state index contributed by atoms with van der Waals surface area (Å²) in [7, 11) is 0. The molecule has 0 amide bonds. The monoisotopic (exact) mass is 297 g/mol. The Bertz CT molecular complexity index is 588. The number of piperazine rings is 1. The fourth-order valence-corrected chi connectivity index (χ4v) is 2.90. The highest BCUT2D eigenvalue weighted by Gasteiger charge is 2.23. The predicted molar refractivity (Wildman–Crippen MR) is 88.1 cm³/mol. The van der Waals surface area contributed by atoms with Gasteiger partial charge in [0.15, 0.2) is 0 Å². The number of hydrogen-bond acceptors (Lipinski definition) is 4. The molecule has 0 aliphatic carbocycles. The van der Waals surface area contributed by atoms with Crippen molar-refractivity contribution in [2.24, 2.45) is 0 Å². The van der Waals surface area contributed by atoms with Gasteiger partial charge in [-0.3, -0.25) is 9.88 Å². The lowest BCUT2D eigenvalue weighted by atomic mass is 10.1. The zero-order valence-electron chi connectivity index (χ0n) is 13.0. The maximum atomic E-state index is 5.90. The highest BCUT2D eigenvalue weighted by atomic mass is 16.5. The van der Waals surface area contributed by atoms with E-state index in [0.29, 0.717) is 12.6 Å². The van der Waals surface area contributed by atoms with E-state index >= 15 is 0 Å². The van der Waals surface area contributed by atoms with Crippen LogP contribution in [0.25, 0.3) is 0 Å². The van der Waals surface area contributed by atoms with Crippen LogP contribution in [0, 0.1) is 6.92 Å². The summed E-state index contributed by atoms with van der Waals surface area (Å²) in [5.41, 5.74) is 2.50. The van der Waals surface area contributed by atoms with Gasteiger partial charge in [-0.25, -0.2) is 0 Å². The summed E-state index contributed by atoms with van der Waals surface area (Å²) >= 11 is 0. The first-order valence-corrected chi connectivity index (χ1v) is 7.87. The molecule has 2 aromatic rings. The van der Waals surface area contributed by atoms with Gasteiger partial charge in [0.25, 0.3) is 0 Å². The Morgan fingerprint density at radius 3 is 3.09 bits per heavy atom. The summed E-state index contributed by atoms with van der Waals surface area (Å²) in [5, 5.41) is 3.47. The molecule has 1 aromatic heterocycles. The largest absolute Gasteiger partial charge is 0.492 e. The van der Waals surface area contributed by atoms with E-state index < -0.39 is 0 Å². The molecule has 1 N–H and O–H groups in total. The topological polar surface area (TPSA) is 37.4 Å². The normalized spacial score (nSPS) is 19.0. The van der Waals surface area contributed by atoms with Gasteiger partial charge < -0.3 is 10.1 Å². The zero-order chi connectivity index (χ0) is 15.2. The first-order chi connectivity index (χ1) is 10.8. The van der Waals surface area contributed by atoms with Crippen LogP contribution in [0.5, 0.6) is 5.75 Å². The van der Waals surface area contributed by atoms with Crippen LogP contribution >= 0.6 is 0 Å². The molecule has 0 saturated carbocycles. The van der Waals surface area contributed by atoms with E-state index in [9.17, 15) is 0 Å². The van der Waals surface area contributed by atoms with E-state index in [2.05, 4.69) is 40.3 Å². The number of nitrogens with zero attached hydrogens (tertiary/aromatic N) is 2. The summed E-state index contributed by atoms with van der Waals surface area (Å²) < 4.78 is 5.90. The molecule has 3 rings (SSSR count). The Hall–Kier alpha value is -1.91.